The van der Waals surface area contributed by atoms with Crippen molar-refractivity contribution in [1.29, 1.82) is 0 Å². The van der Waals surface area contributed by atoms with Crippen molar-refractivity contribution in [3.8, 4) is 0 Å². The van der Waals surface area contributed by atoms with Crippen LogP contribution in [0.1, 0.15) is 76.7 Å². The zero-order valence-corrected chi connectivity index (χ0v) is 17.8. The van der Waals surface area contributed by atoms with Gasteiger partial charge in [0, 0.05) is 17.1 Å². The van der Waals surface area contributed by atoms with Gasteiger partial charge < -0.3 is 9.47 Å². The van der Waals surface area contributed by atoms with E-state index in [1.54, 1.807) is 0 Å². The first-order chi connectivity index (χ1) is 12.2. The highest BCUT2D eigenvalue weighted by atomic mass is 127. The van der Waals surface area contributed by atoms with E-state index in [9.17, 15) is 4.79 Å². The molecular weight excluding hydrogens is 427 g/mol. The molecule has 4 heteroatoms. The van der Waals surface area contributed by atoms with Crippen LogP contribution in [0.3, 0.4) is 0 Å². The van der Waals surface area contributed by atoms with Crippen molar-refractivity contribution in [2.24, 2.45) is 0 Å². The predicted octanol–water partition coefficient (Wildman–Crippen LogP) is 6.27. The summed E-state index contributed by atoms with van der Waals surface area (Å²) in [4.78, 5) is 10.6. The summed E-state index contributed by atoms with van der Waals surface area (Å²) < 4.78 is 12.0. The minimum atomic E-state index is -0.166. The Morgan fingerprint density at radius 3 is 1.92 bits per heavy atom. The molecule has 1 rings (SSSR count). The molecule has 3 nitrogen and oxygen atoms in total. The highest BCUT2D eigenvalue weighted by Crippen LogP contribution is 2.13. The van der Waals surface area contributed by atoms with Gasteiger partial charge in [-0.15, -0.1) is 0 Å². The highest BCUT2D eigenvalue weighted by molar-refractivity contribution is 14.1. The van der Waals surface area contributed by atoms with Gasteiger partial charge in [-0.1, -0.05) is 69.6 Å². The second kappa shape index (κ2) is 15.6. The normalized spacial score (nSPS) is 10.8. The van der Waals surface area contributed by atoms with Crippen LogP contribution in [0.4, 0.5) is 0 Å². The monoisotopic (exact) mass is 460 g/mol. The minimum absolute atomic E-state index is 0.166. The standard InChI is InChI=1S/C21H33IO3/c1-19(23)25-17-13-9-7-5-3-2-4-6-8-12-16-24-18-20-14-10-11-15-21(20)22/h10-11,14-15H,2-9,12-13,16-18H2,1H3. The molecule has 0 N–H and O–H groups in total. The Bertz CT molecular complexity index is 462. The molecule has 0 spiro atoms. The van der Waals surface area contributed by atoms with Crippen LogP contribution in [-0.2, 0) is 20.9 Å². The molecule has 0 radical (unpaired) electrons. The maximum atomic E-state index is 10.6. The number of ether oxygens (including phenoxy) is 2. The maximum Gasteiger partial charge on any atom is 0.302 e. The third kappa shape index (κ3) is 13.3. The molecular formula is C21H33IO3. The average Bonchev–Trinajstić information content (AvgIpc) is 2.59. The Morgan fingerprint density at radius 2 is 1.36 bits per heavy atom. The van der Waals surface area contributed by atoms with Gasteiger partial charge in [0.15, 0.2) is 0 Å². The summed E-state index contributed by atoms with van der Waals surface area (Å²) in [6.45, 7) is 3.65. The summed E-state index contributed by atoms with van der Waals surface area (Å²) in [5.74, 6) is -0.166. The van der Waals surface area contributed by atoms with Crippen molar-refractivity contribution in [2.45, 2.75) is 77.7 Å². The van der Waals surface area contributed by atoms with Crippen LogP contribution in [-0.4, -0.2) is 19.2 Å². The number of hydrogen-bond donors (Lipinski definition) is 0. The van der Waals surface area contributed by atoms with E-state index in [0.29, 0.717) is 6.61 Å². The molecule has 0 aromatic heterocycles. The third-order valence-electron chi connectivity index (χ3n) is 4.20. The average molecular weight is 460 g/mol. The number of rotatable bonds is 15. The van der Waals surface area contributed by atoms with Crippen molar-refractivity contribution in [3.63, 3.8) is 0 Å². The Balaban J connectivity index is 1.77. The number of carbonyl (C=O) groups is 1. The Kier molecular flexibility index (Phi) is 14.0. The van der Waals surface area contributed by atoms with E-state index < -0.39 is 0 Å². The Hall–Kier alpha value is -0.620. The molecule has 0 aliphatic heterocycles. The molecule has 0 saturated heterocycles. The van der Waals surface area contributed by atoms with Crippen LogP contribution in [0.2, 0.25) is 0 Å². The number of carbonyl (C=O) groups excluding carboxylic acids is 1. The molecule has 142 valence electrons. The number of esters is 1. The van der Waals surface area contributed by atoms with Gasteiger partial charge in [-0.3, -0.25) is 4.79 Å². The molecule has 0 aliphatic rings. The molecule has 0 fully saturated rings. The summed E-state index contributed by atoms with van der Waals surface area (Å²) in [7, 11) is 0. The molecule has 25 heavy (non-hydrogen) atoms. The van der Waals surface area contributed by atoms with E-state index in [4.69, 9.17) is 9.47 Å². The smallest absolute Gasteiger partial charge is 0.302 e. The van der Waals surface area contributed by atoms with Crippen LogP contribution >= 0.6 is 22.6 Å². The molecule has 1 aromatic carbocycles. The van der Waals surface area contributed by atoms with E-state index in [1.165, 1.54) is 73.8 Å². The summed E-state index contributed by atoms with van der Waals surface area (Å²) >= 11 is 2.36. The lowest BCUT2D eigenvalue weighted by atomic mass is 10.1. The van der Waals surface area contributed by atoms with Crippen molar-refractivity contribution in [3.05, 3.63) is 33.4 Å². The van der Waals surface area contributed by atoms with Crippen LogP contribution in [0.5, 0.6) is 0 Å². The quantitative estimate of drug-likeness (QED) is 0.176. The first-order valence-corrected chi connectivity index (χ1v) is 10.7. The van der Waals surface area contributed by atoms with Crippen LogP contribution in [0.25, 0.3) is 0 Å². The Labute approximate surface area is 167 Å². The third-order valence-corrected chi connectivity index (χ3v) is 5.26. The second-order valence-corrected chi connectivity index (χ2v) is 7.68. The number of unbranched alkanes of at least 4 members (excludes halogenated alkanes) is 9. The molecule has 0 bridgehead atoms. The van der Waals surface area contributed by atoms with Crippen molar-refractivity contribution < 1.29 is 14.3 Å². The highest BCUT2D eigenvalue weighted by Gasteiger charge is 1.98. The summed E-state index contributed by atoms with van der Waals surface area (Å²) in [6, 6.07) is 8.40. The molecule has 0 heterocycles. The van der Waals surface area contributed by atoms with Crippen LogP contribution in [0.15, 0.2) is 24.3 Å². The van der Waals surface area contributed by atoms with Gasteiger partial charge in [0.1, 0.15) is 0 Å². The minimum Gasteiger partial charge on any atom is -0.466 e. The second-order valence-electron chi connectivity index (χ2n) is 6.52. The van der Waals surface area contributed by atoms with Crippen molar-refractivity contribution in [1.82, 2.24) is 0 Å². The number of hydrogen-bond acceptors (Lipinski definition) is 3. The fraction of sp³-hybridized carbons (Fsp3) is 0.667. The van der Waals surface area contributed by atoms with Crippen LogP contribution in [0, 0.1) is 3.57 Å². The molecule has 0 atom stereocenters. The van der Waals surface area contributed by atoms with E-state index >= 15 is 0 Å². The summed E-state index contributed by atoms with van der Waals surface area (Å²) in [5.41, 5.74) is 1.29. The van der Waals surface area contributed by atoms with E-state index in [2.05, 4.69) is 46.9 Å². The summed E-state index contributed by atoms with van der Waals surface area (Å²) in [5, 5.41) is 0. The largest absolute Gasteiger partial charge is 0.466 e. The number of halogens is 1. The zero-order chi connectivity index (χ0) is 18.2. The summed E-state index contributed by atoms with van der Waals surface area (Å²) in [6.07, 6.45) is 12.5. The Morgan fingerprint density at radius 1 is 0.840 bits per heavy atom. The van der Waals surface area contributed by atoms with Gasteiger partial charge in [-0.25, -0.2) is 0 Å². The van der Waals surface area contributed by atoms with E-state index in [0.717, 1.165) is 19.6 Å². The van der Waals surface area contributed by atoms with Gasteiger partial charge in [-0.2, -0.15) is 0 Å². The van der Waals surface area contributed by atoms with Gasteiger partial charge in [0.05, 0.1) is 13.2 Å². The van der Waals surface area contributed by atoms with E-state index in [1.807, 2.05) is 0 Å². The predicted molar refractivity (Wildman–Crippen MR) is 112 cm³/mol. The maximum absolute atomic E-state index is 10.6. The first kappa shape index (κ1) is 22.4. The lowest BCUT2D eigenvalue weighted by Crippen LogP contribution is -2.00. The van der Waals surface area contributed by atoms with Gasteiger partial charge in [0.25, 0.3) is 0 Å². The molecule has 0 amide bonds. The number of benzene rings is 1. The molecule has 1 aromatic rings. The fourth-order valence-electron chi connectivity index (χ4n) is 2.73. The van der Waals surface area contributed by atoms with Gasteiger partial charge >= 0.3 is 5.97 Å². The SMILES string of the molecule is CC(=O)OCCCCCCCCCCCCOCc1ccccc1I. The molecule has 0 saturated carbocycles. The van der Waals surface area contributed by atoms with Crippen molar-refractivity contribution in [2.75, 3.05) is 13.2 Å². The molecule has 0 unspecified atom stereocenters. The lowest BCUT2D eigenvalue weighted by Gasteiger charge is -2.06. The topological polar surface area (TPSA) is 35.5 Å². The van der Waals surface area contributed by atoms with E-state index in [-0.39, 0.29) is 5.97 Å². The van der Waals surface area contributed by atoms with Gasteiger partial charge in [-0.05, 0) is 47.1 Å². The molecule has 0 aliphatic carbocycles. The first-order valence-electron chi connectivity index (χ1n) is 9.64. The fourth-order valence-corrected chi connectivity index (χ4v) is 3.28. The van der Waals surface area contributed by atoms with Crippen LogP contribution < -0.4 is 0 Å². The lowest BCUT2D eigenvalue weighted by molar-refractivity contribution is -0.141. The van der Waals surface area contributed by atoms with Crippen molar-refractivity contribution >= 4 is 28.6 Å². The zero-order valence-electron chi connectivity index (χ0n) is 15.6. The van der Waals surface area contributed by atoms with Gasteiger partial charge in [0.2, 0.25) is 0 Å².